The maximum Gasteiger partial charge on any atom is 0.0701 e. The maximum atomic E-state index is 5.62. The Hall–Kier alpha value is 0.360. The first-order chi connectivity index (χ1) is 8.88. The molecule has 1 saturated carbocycles. The van der Waals surface area contributed by atoms with Gasteiger partial charge in [-0.25, -0.2) is 0 Å². The molecule has 0 N–H and O–H groups in total. The molecule has 1 aliphatic carbocycles. The Labute approximate surface area is 120 Å². The van der Waals surface area contributed by atoms with E-state index in [9.17, 15) is 0 Å². The van der Waals surface area contributed by atoms with E-state index in [1.165, 1.54) is 32.1 Å². The topological polar surface area (TPSA) is 27.7 Å². The van der Waals surface area contributed by atoms with E-state index < -0.39 is 0 Å². The van der Waals surface area contributed by atoms with E-state index in [0.717, 1.165) is 23.8 Å². The van der Waals surface area contributed by atoms with Crippen LogP contribution in [0.5, 0.6) is 0 Å². The zero-order valence-corrected chi connectivity index (χ0v) is 13.1. The minimum Gasteiger partial charge on any atom is -0.382 e. The highest BCUT2D eigenvalue weighted by atomic mass is 79.9. The van der Waals surface area contributed by atoms with Crippen LogP contribution in [0.3, 0.4) is 0 Å². The Kier molecular flexibility index (Phi) is 10.2. The first kappa shape index (κ1) is 16.4. The van der Waals surface area contributed by atoms with Crippen LogP contribution in [0.1, 0.15) is 32.1 Å². The second-order valence-electron chi connectivity index (χ2n) is 4.97. The summed E-state index contributed by atoms with van der Waals surface area (Å²) in [7, 11) is 1.68. The third-order valence-electron chi connectivity index (χ3n) is 3.70. The van der Waals surface area contributed by atoms with Crippen molar-refractivity contribution >= 4 is 15.9 Å². The van der Waals surface area contributed by atoms with E-state index in [0.29, 0.717) is 26.4 Å². The van der Waals surface area contributed by atoms with Crippen LogP contribution in [0.15, 0.2) is 0 Å². The van der Waals surface area contributed by atoms with Gasteiger partial charge in [0.05, 0.1) is 26.4 Å². The van der Waals surface area contributed by atoms with Gasteiger partial charge in [-0.1, -0.05) is 41.6 Å². The summed E-state index contributed by atoms with van der Waals surface area (Å²) in [5, 5.41) is 1.12. The van der Waals surface area contributed by atoms with Crippen molar-refractivity contribution in [2.45, 2.75) is 32.1 Å². The molecule has 0 aromatic carbocycles. The number of halogens is 1. The van der Waals surface area contributed by atoms with Crippen molar-refractivity contribution in [2.24, 2.45) is 11.8 Å². The number of hydrogen-bond donors (Lipinski definition) is 0. The highest BCUT2D eigenvalue weighted by molar-refractivity contribution is 9.09. The van der Waals surface area contributed by atoms with E-state index in [-0.39, 0.29) is 0 Å². The molecule has 0 radical (unpaired) electrons. The van der Waals surface area contributed by atoms with Crippen LogP contribution < -0.4 is 0 Å². The summed E-state index contributed by atoms with van der Waals surface area (Å²) in [6, 6.07) is 0. The first-order valence-electron chi connectivity index (χ1n) is 7.09. The van der Waals surface area contributed by atoms with Gasteiger partial charge in [-0.15, -0.1) is 0 Å². The van der Waals surface area contributed by atoms with Gasteiger partial charge in [-0.2, -0.15) is 0 Å². The smallest absolute Gasteiger partial charge is 0.0701 e. The Morgan fingerprint density at radius 3 is 2.22 bits per heavy atom. The number of ether oxygens (including phenoxy) is 3. The van der Waals surface area contributed by atoms with Gasteiger partial charge in [0.25, 0.3) is 0 Å². The molecule has 1 fully saturated rings. The van der Waals surface area contributed by atoms with E-state index in [1.54, 1.807) is 7.11 Å². The van der Waals surface area contributed by atoms with Crippen LogP contribution in [0.4, 0.5) is 0 Å². The Bertz CT molecular complexity index is 184. The van der Waals surface area contributed by atoms with Crippen LogP contribution in [0, 0.1) is 11.8 Å². The standard InChI is InChI=1S/C14H27BrO3/c1-16-8-9-18-11-10-17-7-6-14(12-15)13-4-2-3-5-13/h13-14H,2-12H2,1H3. The third kappa shape index (κ3) is 7.07. The normalized spacial score (nSPS) is 18.3. The van der Waals surface area contributed by atoms with Gasteiger partial charge in [-0.3, -0.25) is 0 Å². The Balaban J connectivity index is 1.92. The van der Waals surface area contributed by atoms with Crippen molar-refractivity contribution in [3.63, 3.8) is 0 Å². The quantitative estimate of drug-likeness (QED) is 0.431. The summed E-state index contributed by atoms with van der Waals surface area (Å²) >= 11 is 3.64. The van der Waals surface area contributed by atoms with Gasteiger partial charge in [-0.05, 0) is 18.3 Å². The Morgan fingerprint density at radius 1 is 1.00 bits per heavy atom. The largest absolute Gasteiger partial charge is 0.382 e. The predicted molar refractivity (Wildman–Crippen MR) is 77.4 cm³/mol. The highest BCUT2D eigenvalue weighted by Crippen LogP contribution is 2.33. The molecule has 0 aromatic rings. The fraction of sp³-hybridized carbons (Fsp3) is 1.00. The number of rotatable bonds is 11. The zero-order chi connectivity index (χ0) is 13.1. The van der Waals surface area contributed by atoms with Crippen molar-refractivity contribution in [1.82, 2.24) is 0 Å². The van der Waals surface area contributed by atoms with Crippen LogP contribution in [-0.2, 0) is 14.2 Å². The molecule has 0 heterocycles. The van der Waals surface area contributed by atoms with Gasteiger partial charge in [0, 0.05) is 19.0 Å². The summed E-state index contributed by atoms with van der Waals surface area (Å²) in [4.78, 5) is 0. The van der Waals surface area contributed by atoms with Gasteiger partial charge in [0.15, 0.2) is 0 Å². The highest BCUT2D eigenvalue weighted by Gasteiger charge is 2.23. The molecule has 1 rings (SSSR count). The molecule has 1 unspecified atom stereocenters. The van der Waals surface area contributed by atoms with Gasteiger partial charge in [0.1, 0.15) is 0 Å². The second-order valence-corrected chi connectivity index (χ2v) is 5.61. The zero-order valence-electron chi connectivity index (χ0n) is 11.5. The molecule has 1 aliphatic rings. The molecule has 0 spiro atoms. The molecule has 0 amide bonds. The SMILES string of the molecule is COCCOCCOCCC(CBr)C1CCCC1. The lowest BCUT2D eigenvalue weighted by Gasteiger charge is -2.20. The van der Waals surface area contributed by atoms with Gasteiger partial charge >= 0.3 is 0 Å². The van der Waals surface area contributed by atoms with Gasteiger partial charge in [0.2, 0.25) is 0 Å². The summed E-state index contributed by atoms with van der Waals surface area (Å²) in [5.74, 6) is 1.72. The predicted octanol–water partition coefficient (Wildman–Crippen LogP) is 3.26. The lowest BCUT2D eigenvalue weighted by atomic mass is 9.90. The molecule has 0 bridgehead atoms. The van der Waals surface area contributed by atoms with Crippen molar-refractivity contribution in [2.75, 3.05) is 45.5 Å². The molecular formula is C14H27BrO3. The molecule has 108 valence electrons. The van der Waals surface area contributed by atoms with E-state index >= 15 is 0 Å². The summed E-state index contributed by atoms with van der Waals surface area (Å²) in [6.07, 6.45) is 6.84. The lowest BCUT2D eigenvalue weighted by molar-refractivity contribution is 0.0210. The third-order valence-corrected chi connectivity index (χ3v) is 4.53. The average molecular weight is 323 g/mol. The number of methoxy groups -OCH3 is 1. The molecular weight excluding hydrogens is 296 g/mol. The van der Waals surface area contributed by atoms with Crippen LogP contribution in [-0.4, -0.2) is 45.5 Å². The molecule has 0 aromatic heterocycles. The molecule has 4 heteroatoms. The van der Waals surface area contributed by atoms with Crippen molar-refractivity contribution < 1.29 is 14.2 Å². The van der Waals surface area contributed by atoms with E-state index in [2.05, 4.69) is 15.9 Å². The van der Waals surface area contributed by atoms with Crippen molar-refractivity contribution in [3.8, 4) is 0 Å². The monoisotopic (exact) mass is 322 g/mol. The van der Waals surface area contributed by atoms with E-state index in [4.69, 9.17) is 14.2 Å². The van der Waals surface area contributed by atoms with E-state index in [1.807, 2.05) is 0 Å². The number of hydrogen-bond acceptors (Lipinski definition) is 3. The molecule has 3 nitrogen and oxygen atoms in total. The lowest BCUT2D eigenvalue weighted by Crippen LogP contribution is -2.17. The van der Waals surface area contributed by atoms with Crippen LogP contribution >= 0.6 is 15.9 Å². The molecule has 1 atom stereocenters. The fourth-order valence-electron chi connectivity index (χ4n) is 2.57. The van der Waals surface area contributed by atoms with Crippen molar-refractivity contribution in [1.29, 1.82) is 0 Å². The van der Waals surface area contributed by atoms with Crippen LogP contribution in [0.2, 0.25) is 0 Å². The maximum absolute atomic E-state index is 5.62. The average Bonchev–Trinajstić information content (AvgIpc) is 2.91. The van der Waals surface area contributed by atoms with Gasteiger partial charge < -0.3 is 14.2 Å². The van der Waals surface area contributed by atoms with Crippen molar-refractivity contribution in [3.05, 3.63) is 0 Å². The minimum atomic E-state index is 0.659. The fourth-order valence-corrected chi connectivity index (χ4v) is 3.42. The molecule has 0 saturated heterocycles. The number of alkyl halides is 1. The second kappa shape index (κ2) is 11.2. The Morgan fingerprint density at radius 2 is 1.61 bits per heavy atom. The first-order valence-corrected chi connectivity index (χ1v) is 8.21. The molecule has 18 heavy (non-hydrogen) atoms. The summed E-state index contributed by atoms with van der Waals surface area (Å²) in [6.45, 7) is 3.55. The molecule has 0 aliphatic heterocycles. The summed E-state index contributed by atoms with van der Waals surface area (Å²) < 4.78 is 15.9. The summed E-state index contributed by atoms with van der Waals surface area (Å²) in [5.41, 5.74) is 0. The van der Waals surface area contributed by atoms with Crippen LogP contribution in [0.25, 0.3) is 0 Å². The minimum absolute atomic E-state index is 0.659.